The fourth-order valence-corrected chi connectivity index (χ4v) is 9.98. The zero-order valence-corrected chi connectivity index (χ0v) is 37.7. The van der Waals surface area contributed by atoms with Crippen LogP contribution in [0.25, 0.3) is 11.1 Å². The van der Waals surface area contributed by atoms with Crippen molar-refractivity contribution in [1.82, 2.24) is 0 Å². The summed E-state index contributed by atoms with van der Waals surface area (Å²) in [6.45, 7) is -0.520. The molecule has 22 nitrogen and oxygen atoms in total. The number of hydrogen-bond acceptors (Lipinski definition) is 16. The maximum absolute atomic E-state index is 12.5. The van der Waals surface area contributed by atoms with Crippen LogP contribution >= 0.6 is 0 Å². The Labute approximate surface area is 377 Å². The second-order valence-electron chi connectivity index (χ2n) is 13.7. The van der Waals surface area contributed by atoms with Crippen LogP contribution in [0.2, 0.25) is 0 Å². The number of benzene rings is 6. The van der Waals surface area contributed by atoms with E-state index in [9.17, 15) is 77.8 Å². The van der Waals surface area contributed by atoms with E-state index in [0.29, 0.717) is 23.5 Å². The van der Waals surface area contributed by atoms with Crippen LogP contribution in [0, 0.1) is 0 Å². The van der Waals surface area contributed by atoms with E-state index in [1.165, 1.54) is 60.7 Å². The molecule has 0 atom stereocenters. The third-order valence-electron chi connectivity index (χ3n) is 9.14. The molecule has 0 bridgehead atoms. The first-order chi connectivity index (χ1) is 30.5. The van der Waals surface area contributed by atoms with Crippen molar-refractivity contribution in [2.45, 2.75) is 42.5 Å². The Hall–Kier alpha value is -6.02. The van der Waals surface area contributed by atoms with E-state index in [1.54, 1.807) is 0 Å². The minimum absolute atomic E-state index is 0.0278. The van der Waals surface area contributed by atoms with Gasteiger partial charge in [-0.25, -0.2) is 0 Å². The van der Waals surface area contributed by atoms with Crippen LogP contribution in [0.4, 0.5) is 11.4 Å². The molecule has 28 heteroatoms. The molecule has 0 aliphatic carbocycles. The highest BCUT2D eigenvalue weighted by atomic mass is 32.2. The lowest BCUT2D eigenvalue weighted by molar-refractivity contribution is 0.448. The average molecular weight is 1030 g/mol. The molecule has 0 aliphatic heterocycles. The lowest BCUT2D eigenvalue weighted by Crippen LogP contribution is -2.09. The van der Waals surface area contributed by atoms with Gasteiger partial charge in [-0.05, 0) is 119 Å². The molecule has 0 heterocycles. The summed E-state index contributed by atoms with van der Waals surface area (Å²) in [7, 11) is -29.4. The first-order valence-electron chi connectivity index (χ1n) is 17.9. The van der Waals surface area contributed by atoms with Gasteiger partial charge in [0.05, 0.1) is 9.79 Å². The molecule has 0 spiro atoms. The molecule has 0 amide bonds. The van der Waals surface area contributed by atoms with Crippen LogP contribution < -0.4 is 20.1 Å². The Balaban J connectivity index is 1.18. The van der Waals surface area contributed by atoms with Crippen molar-refractivity contribution in [3.63, 3.8) is 0 Å². The summed E-state index contributed by atoms with van der Waals surface area (Å²) >= 11 is 0. The van der Waals surface area contributed by atoms with Crippen molar-refractivity contribution in [2.75, 3.05) is 10.6 Å². The van der Waals surface area contributed by atoms with Gasteiger partial charge in [0.1, 0.15) is 42.6 Å². The van der Waals surface area contributed by atoms with Crippen LogP contribution in [0.15, 0.2) is 151 Å². The summed E-state index contributed by atoms with van der Waals surface area (Å²) in [6, 6.07) is 23.2. The summed E-state index contributed by atoms with van der Waals surface area (Å²) in [6.07, 6.45) is 0. The summed E-state index contributed by atoms with van der Waals surface area (Å²) in [5, 5.41) is 5.69. The molecule has 66 heavy (non-hydrogen) atoms. The summed E-state index contributed by atoms with van der Waals surface area (Å²) < 4.78 is 213. The van der Waals surface area contributed by atoms with E-state index in [-0.39, 0.29) is 58.3 Å². The van der Waals surface area contributed by atoms with Gasteiger partial charge in [-0.3, -0.25) is 27.3 Å². The zero-order chi connectivity index (χ0) is 48.6. The van der Waals surface area contributed by atoms with Crippen LogP contribution in [0.1, 0.15) is 11.1 Å². The Kier molecular flexibility index (Phi) is 13.7. The van der Waals surface area contributed by atoms with E-state index >= 15 is 0 Å². The minimum Gasteiger partial charge on any atom is -0.456 e. The SMILES string of the molecule is O=S(=O)(O)c1ccc(CNc2ccc(Oc3ccc(-c4ccc(Oc5ccc(NCc6ccc(S(=O)(=O)O)cc6S(=O)(=O)O)cc5)c(S(=O)(=O)O)c4)cc3S(=O)(=O)O)cc2)c(S(=O)(=O)O)c1. The van der Waals surface area contributed by atoms with E-state index in [4.69, 9.17) is 9.47 Å². The highest BCUT2D eigenvalue weighted by molar-refractivity contribution is 7.87. The van der Waals surface area contributed by atoms with Crippen molar-refractivity contribution in [3.8, 4) is 34.1 Å². The lowest BCUT2D eigenvalue weighted by atomic mass is 10.1. The van der Waals surface area contributed by atoms with Crippen molar-refractivity contribution in [1.29, 1.82) is 0 Å². The highest BCUT2D eigenvalue weighted by Crippen LogP contribution is 2.37. The predicted molar refractivity (Wildman–Crippen MR) is 231 cm³/mol. The Morgan fingerprint density at radius 3 is 0.955 bits per heavy atom. The molecule has 0 fully saturated rings. The van der Waals surface area contributed by atoms with E-state index in [1.807, 2.05) is 0 Å². The Morgan fingerprint density at radius 2 is 0.667 bits per heavy atom. The molecule has 6 aromatic rings. The largest absolute Gasteiger partial charge is 0.456 e. The van der Waals surface area contributed by atoms with Crippen LogP contribution in [-0.4, -0.2) is 77.8 Å². The zero-order valence-electron chi connectivity index (χ0n) is 32.8. The van der Waals surface area contributed by atoms with Crippen LogP contribution in [0.5, 0.6) is 23.0 Å². The van der Waals surface area contributed by atoms with Gasteiger partial charge < -0.3 is 20.1 Å². The standard InChI is InChI=1S/C38H32N2O20S6/c41-61(42,43)31-13-1-25(35(19-31)63(47,48)49)21-39-27-5-9-29(10-6-27)59-33-15-3-23(17-37(33)65(53,54)55)24-4-16-34(38(18-24)66(56,57)58)60-30-11-7-28(8-12-30)40-22-26-2-14-32(62(44,45)46)20-36(26)64(50,51)52/h1-20,39-40H,21-22H2,(H,41,42,43)(H,44,45,46)(H,47,48,49)(H,50,51,52)(H,53,54,55)(H,56,57,58). The van der Waals surface area contributed by atoms with E-state index in [2.05, 4.69) is 10.6 Å². The van der Waals surface area contributed by atoms with Gasteiger partial charge in [0.25, 0.3) is 60.7 Å². The van der Waals surface area contributed by atoms with Crippen LogP contribution in [-0.2, 0) is 73.8 Å². The highest BCUT2D eigenvalue weighted by Gasteiger charge is 2.24. The molecule has 0 saturated carbocycles. The average Bonchev–Trinajstić information content (AvgIpc) is 3.21. The van der Waals surface area contributed by atoms with Gasteiger partial charge in [-0.2, -0.15) is 50.5 Å². The number of ether oxygens (including phenoxy) is 2. The van der Waals surface area contributed by atoms with Gasteiger partial charge in [0, 0.05) is 24.5 Å². The third-order valence-corrected chi connectivity index (χ3v) is 14.5. The molecule has 0 radical (unpaired) electrons. The van der Waals surface area contributed by atoms with Crippen molar-refractivity contribution in [2.24, 2.45) is 0 Å². The Bertz CT molecular complexity index is 3330. The molecular formula is C38H32N2O20S6. The molecule has 0 aliphatic rings. The monoisotopic (exact) mass is 1030 g/mol. The van der Waals surface area contributed by atoms with Crippen molar-refractivity contribution < 1.29 is 87.3 Å². The molecular weight excluding hydrogens is 997 g/mol. The van der Waals surface area contributed by atoms with Gasteiger partial charge in [-0.15, -0.1) is 0 Å². The molecule has 0 aromatic heterocycles. The van der Waals surface area contributed by atoms with Gasteiger partial charge in [-0.1, -0.05) is 24.3 Å². The number of nitrogens with one attached hydrogen (secondary N) is 2. The minimum atomic E-state index is -5.01. The second kappa shape index (κ2) is 18.3. The van der Waals surface area contributed by atoms with Crippen LogP contribution in [0.3, 0.4) is 0 Å². The summed E-state index contributed by atoms with van der Waals surface area (Å²) in [4.78, 5) is -4.59. The Morgan fingerprint density at radius 1 is 0.348 bits per heavy atom. The van der Waals surface area contributed by atoms with E-state index in [0.717, 1.165) is 48.5 Å². The maximum Gasteiger partial charge on any atom is 0.298 e. The van der Waals surface area contributed by atoms with Gasteiger partial charge >= 0.3 is 0 Å². The first-order valence-corrected chi connectivity index (χ1v) is 26.5. The third kappa shape index (κ3) is 12.2. The normalized spacial score (nSPS) is 12.6. The topological polar surface area (TPSA) is 369 Å². The smallest absolute Gasteiger partial charge is 0.298 e. The molecule has 0 unspecified atom stereocenters. The molecule has 6 rings (SSSR count). The molecule has 6 aromatic carbocycles. The van der Waals surface area contributed by atoms with Crippen molar-refractivity contribution in [3.05, 3.63) is 132 Å². The summed E-state index contributed by atoms with van der Waals surface area (Å²) in [5.41, 5.74) is 0.599. The van der Waals surface area contributed by atoms with Crippen molar-refractivity contribution >= 4 is 72.1 Å². The lowest BCUT2D eigenvalue weighted by Gasteiger charge is -2.15. The number of rotatable bonds is 17. The second-order valence-corrected chi connectivity index (χ2v) is 22.1. The first kappa shape index (κ1) is 49.4. The van der Waals surface area contributed by atoms with Gasteiger partial charge in [0.15, 0.2) is 0 Å². The summed E-state index contributed by atoms with van der Waals surface area (Å²) in [5.74, 6) is -0.679. The molecule has 0 saturated heterocycles. The quantitative estimate of drug-likeness (QED) is 0.0512. The maximum atomic E-state index is 12.5. The molecule has 8 N–H and O–H groups in total. The fraction of sp³-hybridized carbons (Fsp3) is 0.0526. The fourth-order valence-electron chi connectivity index (χ4n) is 6.04. The molecule has 350 valence electrons. The number of hydrogen-bond donors (Lipinski definition) is 8. The number of anilines is 2. The van der Waals surface area contributed by atoms with Gasteiger partial charge in [0.2, 0.25) is 0 Å². The van der Waals surface area contributed by atoms with E-state index < -0.39 is 90.1 Å². The predicted octanol–water partition coefficient (Wildman–Crippen LogP) is 5.64.